The first-order valence-electron chi connectivity index (χ1n) is 6.23. The van der Waals surface area contributed by atoms with Crippen LogP contribution in [0.3, 0.4) is 0 Å². The predicted molar refractivity (Wildman–Crippen MR) is 80.9 cm³/mol. The Morgan fingerprint density at radius 2 is 1.75 bits per heavy atom. The standard InChI is InChI=1S/C16H15Cl2FO/c1-10-6-7-11(8-15(10)19)16(2,20)9-12-13(17)4-3-5-14(12)18/h3-8,20H,9H2,1-2H3. The van der Waals surface area contributed by atoms with Gasteiger partial charge in [-0.3, -0.25) is 0 Å². The van der Waals surface area contributed by atoms with E-state index in [2.05, 4.69) is 0 Å². The van der Waals surface area contributed by atoms with Crippen molar-refractivity contribution in [2.24, 2.45) is 0 Å². The molecule has 106 valence electrons. The van der Waals surface area contributed by atoms with Gasteiger partial charge in [0, 0.05) is 16.5 Å². The van der Waals surface area contributed by atoms with Crippen LogP contribution < -0.4 is 0 Å². The summed E-state index contributed by atoms with van der Waals surface area (Å²) in [5.41, 5.74) is 0.446. The van der Waals surface area contributed by atoms with Gasteiger partial charge in [0.1, 0.15) is 5.82 Å². The molecule has 2 rings (SSSR count). The first-order valence-corrected chi connectivity index (χ1v) is 6.99. The molecule has 2 aromatic carbocycles. The van der Waals surface area contributed by atoms with Gasteiger partial charge in [-0.15, -0.1) is 0 Å². The minimum Gasteiger partial charge on any atom is -0.385 e. The summed E-state index contributed by atoms with van der Waals surface area (Å²) in [6, 6.07) is 9.88. The maximum absolute atomic E-state index is 13.6. The molecule has 0 aliphatic rings. The van der Waals surface area contributed by atoms with Crippen LogP contribution in [0.4, 0.5) is 4.39 Å². The number of halogens is 3. The summed E-state index contributed by atoms with van der Waals surface area (Å²) in [6.07, 6.45) is 0.216. The van der Waals surface area contributed by atoms with Crippen molar-refractivity contribution in [2.45, 2.75) is 25.9 Å². The molecule has 20 heavy (non-hydrogen) atoms. The van der Waals surface area contributed by atoms with E-state index in [9.17, 15) is 9.50 Å². The summed E-state index contributed by atoms with van der Waals surface area (Å²) in [7, 11) is 0. The summed E-state index contributed by atoms with van der Waals surface area (Å²) in [5, 5.41) is 11.6. The average molecular weight is 313 g/mol. The van der Waals surface area contributed by atoms with Crippen molar-refractivity contribution in [3.63, 3.8) is 0 Å². The van der Waals surface area contributed by atoms with Crippen LogP contribution in [0.5, 0.6) is 0 Å². The predicted octanol–water partition coefficient (Wildman–Crippen LogP) is 4.89. The van der Waals surface area contributed by atoms with Crippen molar-refractivity contribution in [1.82, 2.24) is 0 Å². The van der Waals surface area contributed by atoms with E-state index in [1.54, 1.807) is 44.2 Å². The molecule has 0 fully saturated rings. The van der Waals surface area contributed by atoms with Crippen LogP contribution in [0.2, 0.25) is 10.0 Å². The van der Waals surface area contributed by atoms with E-state index < -0.39 is 5.60 Å². The van der Waals surface area contributed by atoms with Crippen molar-refractivity contribution in [3.8, 4) is 0 Å². The van der Waals surface area contributed by atoms with Crippen molar-refractivity contribution in [3.05, 3.63) is 69.0 Å². The summed E-state index contributed by atoms with van der Waals surface area (Å²) >= 11 is 12.2. The number of hydrogen-bond acceptors (Lipinski definition) is 1. The zero-order chi connectivity index (χ0) is 14.9. The molecule has 0 radical (unpaired) electrons. The summed E-state index contributed by atoms with van der Waals surface area (Å²) in [5.74, 6) is -0.340. The van der Waals surface area contributed by atoms with Gasteiger partial charge in [-0.25, -0.2) is 4.39 Å². The summed E-state index contributed by atoms with van der Waals surface area (Å²) in [6.45, 7) is 3.30. The quantitative estimate of drug-likeness (QED) is 0.855. The third-order valence-corrected chi connectivity index (χ3v) is 4.08. The Bertz CT molecular complexity index is 618. The summed E-state index contributed by atoms with van der Waals surface area (Å²) in [4.78, 5) is 0. The highest BCUT2D eigenvalue weighted by Crippen LogP contribution is 2.33. The molecule has 0 saturated heterocycles. The number of benzene rings is 2. The van der Waals surface area contributed by atoms with Gasteiger partial charge < -0.3 is 5.11 Å². The molecule has 4 heteroatoms. The SMILES string of the molecule is Cc1ccc(C(C)(O)Cc2c(Cl)cccc2Cl)cc1F. The van der Waals surface area contributed by atoms with Crippen molar-refractivity contribution in [2.75, 3.05) is 0 Å². The Morgan fingerprint density at radius 1 is 1.15 bits per heavy atom. The van der Waals surface area contributed by atoms with E-state index in [0.717, 1.165) is 0 Å². The van der Waals surface area contributed by atoms with Gasteiger partial charge in [0.25, 0.3) is 0 Å². The largest absolute Gasteiger partial charge is 0.385 e. The highest BCUT2D eigenvalue weighted by atomic mass is 35.5. The lowest BCUT2D eigenvalue weighted by Gasteiger charge is -2.25. The Labute approximate surface area is 128 Å². The molecule has 1 atom stereocenters. The first kappa shape index (κ1) is 15.3. The molecule has 0 bridgehead atoms. The van der Waals surface area contributed by atoms with Gasteiger partial charge in [0.15, 0.2) is 0 Å². The number of rotatable bonds is 3. The van der Waals surface area contributed by atoms with Crippen LogP contribution in [0.25, 0.3) is 0 Å². The number of hydrogen-bond donors (Lipinski definition) is 1. The normalized spacial score (nSPS) is 14.1. The summed E-state index contributed by atoms with van der Waals surface area (Å²) < 4.78 is 13.6. The molecule has 0 aliphatic carbocycles. The van der Waals surface area contributed by atoms with E-state index in [0.29, 0.717) is 26.7 Å². The zero-order valence-corrected chi connectivity index (χ0v) is 12.8. The molecule has 0 saturated carbocycles. The molecular weight excluding hydrogens is 298 g/mol. The van der Waals surface area contributed by atoms with E-state index in [-0.39, 0.29) is 12.2 Å². The van der Waals surface area contributed by atoms with Gasteiger partial charge in [-0.1, -0.05) is 41.4 Å². The van der Waals surface area contributed by atoms with Crippen molar-refractivity contribution < 1.29 is 9.50 Å². The lowest BCUT2D eigenvalue weighted by atomic mass is 9.88. The van der Waals surface area contributed by atoms with Crippen molar-refractivity contribution >= 4 is 23.2 Å². The maximum Gasteiger partial charge on any atom is 0.126 e. The van der Waals surface area contributed by atoms with E-state index >= 15 is 0 Å². The van der Waals surface area contributed by atoms with Gasteiger partial charge in [0.05, 0.1) is 5.60 Å². The molecule has 1 nitrogen and oxygen atoms in total. The van der Waals surface area contributed by atoms with Crippen LogP contribution in [0.15, 0.2) is 36.4 Å². The second-order valence-electron chi connectivity index (χ2n) is 5.11. The molecule has 1 N–H and O–H groups in total. The molecule has 0 aliphatic heterocycles. The Morgan fingerprint density at radius 3 is 2.30 bits per heavy atom. The second-order valence-corrected chi connectivity index (χ2v) is 5.93. The van der Waals surface area contributed by atoms with Gasteiger partial charge >= 0.3 is 0 Å². The third kappa shape index (κ3) is 3.14. The average Bonchev–Trinajstić information content (AvgIpc) is 2.37. The van der Waals surface area contributed by atoms with Crippen molar-refractivity contribution in [1.29, 1.82) is 0 Å². The molecule has 0 aromatic heterocycles. The van der Waals surface area contributed by atoms with Gasteiger partial charge in [-0.2, -0.15) is 0 Å². The minimum atomic E-state index is -1.25. The fourth-order valence-electron chi connectivity index (χ4n) is 2.08. The molecule has 1 unspecified atom stereocenters. The smallest absolute Gasteiger partial charge is 0.126 e. The van der Waals surface area contributed by atoms with E-state index in [1.165, 1.54) is 6.07 Å². The van der Waals surface area contributed by atoms with Crippen LogP contribution in [0, 0.1) is 12.7 Å². The topological polar surface area (TPSA) is 20.2 Å². The van der Waals surface area contributed by atoms with E-state index in [4.69, 9.17) is 23.2 Å². The van der Waals surface area contributed by atoms with Gasteiger partial charge in [-0.05, 0) is 48.7 Å². The molecule has 2 aromatic rings. The number of aryl methyl sites for hydroxylation is 1. The van der Waals surface area contributed by atoms with Crippen LogP contribution in [-0.4, -0.2) is 5.11 Å². The monoisotopic (exact) mass is 312 g/mol. The molecular formula is C16H15Cl2FO. The van der Waals surface area contributed by atoms with Crippen LogP contribution >= 0.6 is 23.2 Å². The molecule has 0 amide bonds. The fraction of sp³-hybridized carbons (Fsp3) is 0.250. The third-order valence-electron chi connectivity index (χ3n) is 3.38. The fourth-order valence-corrected chi connectivity index (χ4v) is 2.61. The Balaban J connectivity index is 2.37. The minimum absolute atomic E-state index is 0.216. The van der Waals surface area contributed by atoms with Crippen LogP contribution in [0.1, 0.15) is 23.6 Å². The van der Waals surface area contributed by atoms with Gasteiger partial charge in [0.2, 0.25) is 0 Å². The van der Waals surface area contributed by atoms with E-state index in [1.807, 2.05) is 0 Å². The number of aliphatic hydroxyl groups is 1. The zero-order valence-electron chi connectivity index (χ0n) is 11.3. The lowest BCUT2D eigenvalue weighted by molar-refractivity contribution is 0.0573. The second kappa shape index (κ2) is 5.72. The maximum atomic E-state index is 13.6. The molecule has 0 spiro atoms. The Hall–Kier alpha value is -1.09. The van der Waals surface area contributed by atoms with Crippen LogP contribution in [-0.2, 0) is 12.0 Å². The first-order chi connectivity index (χ1) is 9.31. The molecule has 0 heterocycles. The Kier molecular flexibility index (Phi) is 4.38. The lowest BCUT2D eigenvalue weighted by Crippen LogP contribution is -2.25. The highest BCUT2D eigenvalue weighted by Gasteiger charge is 2.26. The highest BCUT2D eigenvalue weighted by molar-refractivity contribution is 6.36.